The topological polar surface area (TPSA) is 44.7 Å². The van der Waals surface area contributed by atoms with Crippen LogP contribution in [0, 0.1) is 0 Å². The molecule has 2 rings (SSSR count). The lowest BCUT2D eigenvalue weighted by Gasteiger charge is -2.22. The summed E-state index contributed by atoms with van der Waals surface area (Å²) in [7, 11) is 0. The Morgan fingerprint density at radius 3 is 2.75 bits per heavy atom. The van der Waals surface area contributed by atoms with Crippen molar-refractivity contribution in [3.05, 3.63) is 0 Å². The lowest BCUT2D eigenvalue weighted by Crippen LogP contribution is -2.45. The highest BCUT2D eigenvalue weighted by atomic mass is 16.1. The number of carbonyl (C=O) groups is 1. The third-order valence-electron chi connectivity index (χ3n) is 2.26. The first-order valence-electron chi connectivity index (χ1n) is 4.45. The maximum absolute atomic E-state index is 11.0. The van der Waals surface area contributed by atoms with Crippen LogP contribution in [0.1, 0.15) is 19.3 Å². The van der Waals surface area contributed by atoms with Crippen molar-refractivity contribution >= 4 is 11.9 Å². The minimum absolute atomic E-state index is 0.104. The van der Waals surface area contributed by atoms with Crippen molar-refractivity contribution in [3.63, 3.8) is 0 Å². The van der Waals surface area contributed by atoms with E-state index in [0.717, 1.165) is 19.0 Å². The summed E-state index contributed by atoms with van der Waals surface area (Å²) in [6.07, 6.45) is 2.97. The van der Waals surface area contributed by atoms with Crippen LogP contribution in [-0.4, -0.2) is 36.4 Å². The second-order valence-electron chi connectivity index (χ2n) is 3.20. The molecule has 0 atom stereocenters. The fourth-order valence-electron chi connectivity index (χ4n) is 1.60. The van der Waals surface area contributed by atoms with Crippen molar-refractivity contribution in [2.45, 2.75) is 19.3 Å². The SMILES string of the molecule is O=C1CCN=C(N2CCCC2)N1. The molecule has 0 aromatic heterocycles. The normalized spacial score (nSPS) is 23.8. The molecule has 0 aromatic rings. The molecule has 2 aliphatic rings. The third kappa shape index (κ3) is 1.42. The van der Waals surface area contributed by atoms with Crippen LogP contribution in [0.4, 0.5) is 0 Å². The molecule has 0 radical (unpaired) electrons. The van der Waals surface area contributed by atoms with Gasteiger partial charge in [-0.05, 0) is 12.8 Å². The molecule has 0 unspecified atom stereocenters. The van der Waals surface area contributed by atoms with E-state index in [-0.39, 0.29) is 5.91 Å². The van der Waals surface area contributed by atoms with E-state index in [4.69, 9.17) is 0 Å². The second-order valence-corrected chi connectivity index (χ2v) is 3.20. The fraction of sp³-hybridized carbons (Fsp3) is 0.750. The van der Waals surface area contributed by atoms with Crippen LogP contribution >= 0.6 is 0 Å². The van der Waals surface area contributed by atoms with Crippen molar-refractivity contribution in [1.29, 1.82) is 0 Å². The van der Waals surface area contributed by atoms with E-state index in [1.54, 1.807) is 0 Å². The minimum atomic E-state index is 0.104. The Balaban J connectivity index is 2.02. The van der Waals surface area contributed by atoms with Gasteiger partial charge in [0.05, 0.1) is 6.54 Å². The highest BCUT2D eigenvalue weighted by Crippen LogP contribution is 2.08. The number of nitrogens with one attached hydrogen (secondary N) is 1. The Labute approximate surface area is 71.6 Å². The number of guanidine groups is 1. The van der Waals surface area contributed by atoms with Crippen LogP contribution in [0.3, 0.4) is 0 Å². The number of nitrogens with zero attached hydrogens (tertiary/aromatic N) is 2. The van der Waals surface area contributed by atoms with Gasteiger partial charge >= 0.3 is 0 Å². The van der Waals surface area contributed by atoms with Crippen LogP contribution in [0.2, 0.25) is 0 Å². The van der Waals surface area contributed by atoms with Crippen molar-refractivity contribution in [3.8, 4) is 0 Å². The maximum atomic E-state index is 11.0. The molecular formula is C8H13N3O. The molecule has 1 N–H and O–H groups in total. The summed E-state index contributed by atoms with van der Waals surface area (Å²) in [5.41, 5.74) is 0. The Bertz CT molecular complexity index is 218. The number of rotatable bonds is 0. The summed E-state index contributed by atoms with van der Waals surface area (Å²) in [5, 5.41) is 2.80. The van der Waals surface area contributed by atoms with Crippen LogP contribution in [0.5, 0.6) is 0 Å². The molecule has 66 valence electrons. The summed E-state index contributed by atoms with van der Waals surface area (Å²) in [6, 6.07) is 0. The van der Waals surface area contributed by atoms with E-state index in [1.807, 2.05) is 0 Å². The third-order valence-corrected chi connectivity index (χ3v) is 2.26. The smallest absolute Gasteiger partial charge is 0.228 e. The van der Waals surface area contributed by atoms with Crippen molar-refractivity contribution < 1.29 is 4.79 Å². The van der Waals surface area contributed by atoms with Crippen molar-refractivity contribution in [2.75, 3.05) is 19.6 Å². The average Bonchev–Trinajstić information content (AvgIpc) is 2.56. The minimum Gasteiger partial charge on any atom is -0.343 e. The molecule has 0 spiro atoms. The lowest BCUT2D eigenvalue weighted by atomic mass is 10.3. The molecule has 0 saturated carbocycles. The van der Waals surface area contributed by atoms with Crippen LogP contribution < -0.4 is 5.32 Å². The number of hydrogen-bond donors (Lipinski definition) is 1. The highest BCUT2D eigenvalue weighted by Gasteiger charge is 2.20. The summed E-state index contributed by atoms with van der Waals surface area (Å²) < 4.78 is 0. The molecule has 2 heterocycles. The molecule has 4 nitrogen and oxygen atoms in total. The van der Waals surface area contributed by atoms with Crippen LogP contribution in [0.25, 0.3) is 0 Å². The number of hydrogen-bond acceptors (Lipinski definition) is 3. The molecular weight excluding hydrogens is 154 g/mol. The Kier molecular flexibility index (Phi) is 1.98. The zero-order valence-electron chi connectivity index (χ0n) is 7.05. The predicted molar refractivity (Wildman–Crippen MR) is 45.9 cm³/mol. The van der Waals surface area contributed by atoms with Gasteiger partial charge in [-0.25, -0.2) is 0 Å². The summed E-state index contributed by atoms with van der Waals surface area (Å²) in [6.45, 7) is 2.73. The largest absolute Gasteiger partial charge is 0.343 e. The molecule has 0 aliphatic carbocycles. The Morgan fingerprint density at radius 1 is 1.33 bits per heavy atom. The number of aliphatic imine (C=N–C) groups is 1. The van der Waals surface area contributed by atoms with E-state index in [9.17, 15) is 4.79 Å². The van der Waals surface area contributed by atoms with Gasteiger partial charge in [0.2, 0.25) is 11.9 Å². The summed E-state index contributed by atoms with van der Waals surface area (Å²) in [4.78, 5) is 17.4. The van der Waals surface area contributed by atoms with Crippen molar-refractivity contribution in [1.82, 2.24) is 10.2 Å². The van der Waals surface area contributed by atoms with Gasteiger partial charge in [-0.15, -0.1) is 0 Å². The van der Waals surface area contributed by atoms with Gasteiger partial charge in [0.15, 0.2) is 0 Å². The lowest BCUT2D eigenvalue weighted by molar-refractivity contribution is -0.119. The molecule has 1 fully saturated rings. The summed E-state index contributed by atoms with van der Waals surface area (Å²) >= 11 is 0. The monoisotopic (exact) mass is 167 g/mol. The van der Waals surface area contributed by atoms with E-state index >= 15 is 0 Å². The second kappa shape index (κ2) is 3.13. The van der Waals surface area contributed by atoms with Gasteiger partial charge in [-0.2, -0.15) is 0 Å². The quantitative estimate of drug-likeness (QED) is 0.550. The molecule has 1 saturated heterocycles. The van der Waals surface area contributed by atoms with Crippen LogP contribution in [0.15, 0.2) is 4.99 Å². The van der Waals surface area contributed by atoms with Crippen molar-refractivity contribution in [2.24, 2.45) is 4.99 Å². The molecule has 0 bridgehead atoms. The van der Waals surface area contributed by atoms with Gasteiger partial charge in [0, 0.05) is 19.5 Å². The van der Waals surface area contributed by atoms with E-state index in [1.165, 1.54) is 12.8 Å². The molecule has 2 aliphatic heterocycles. The molecule has 12 heavy (non-hydrogen) atoms. The molecule has 0 aromatic carbocycles. The average molecular weight is 167 g/mol. The zero-order valence-corrected chi connectivity index (χ0v) is 7.05. The molecule has 1 amide bonds. The number of likely N-dealkylation sites (tertiary alicyclic amines) is 1. The standard InChI is InChI=1S/C8H13N3O/c12-7-3-4-9-8(10-7)11-5-1-2-6-11/h1-6H2,(H,9,10,12). The Morgan fingerprint density at radius 2 is 2.08 bits per heavy atom. The van der Waals surface area contributed by atoms with Gasteiger partial charge in [-0.3, -0.25) is 15.1 Å². The first kappa shape index (κ1) is 7.58. The fourth-order valence-corrected chi connectivity index (χ4v) is 1.60. The van der Waals surface area contributed by atoms with E-state index in [0.29, 0.717) is 13.0 Å². The molecule has 4 heteroatoms. The number of carbonyl (C=O) groups excluding carboxylic acids is 1. The van der Waals surface area contributed by atoms with E-state index in [2.05, 4.69) is 15.2 Å². The highest BCUT2D eigenvalue weighted by molar-refractivity contribution is 5.98. The zero-order chi connectivity index (χ0) is 8.39. The van der Waals surface area contributed by atoms with E-state index < -0.39 is 0 Å². The van der Waals surface area contributed by atoms with Gasteiger partial charge in [-0.1, -0.05) is 0 Å². The first-order chi connectivity index (χ1) is 5.86. The summed E-state index contributed by atoms with van der Waals surface area (Å²) in [5.74, 6) is 0.899. The van der Waals surface area contributed by atoms with Gasteiger partial charge in [0.1, 0.15) is 0 Å². The predicted octanol–water partition coefficient (Wildman–Crippen LogP) is -0.0419. The first-order valence-corrected chi connectivity index (χ1v) is 4.45. The maximum Gasteiger partial charge on any atom is 0.228 e. The number of amides is 1. The van der Waals surface area contributed by atoms with Gasteiger partial charge < -0.3 is 4.90 Å². The van der Waals surface area contributed by atoms with Crippen LogP contribution in [-0.2, 0) is 4.79 Å². The Hall–Kier alpha value is -1.06. The van der Waals surface area contributed by atoms with Gasteiger partial charge in [0.25, 0.3) is 0 Å².